The van der Waals surface area contributed by atoms with Crippen molar-refractivity contribution in [3.05, 3.63) is 51.5 Å². The molecule has 5 heteroatoms. The average Bonchev–Trinajstić information content (AvgIpc) is 2.33. The average molecular weight is 343 g/mol. The first-order valence-electron chi connectivity index (χ1n) is 5.71. The lowest BCUT2D eigenvalue weighted by Gasteiger charge is -2.18. The molecule has 3 N–H and O–H groups in total. The highest BCUT2D eigenvalue weighted by Crippen LogP contribution is 2.33. The molecule has 3 nitrogen and oxygen atoms in total. The summed E-state index contributed by atoms with van der Waals surface area (Å²) in [6.45, 7) is 1.91. The Morgan fingerprint density at radius 2 is 1.89 bits per heavy atom. The number of hydrogen-bond donors (Lipinski definition) is 3. The number of aromatic hydroxyl groups is 2. The Balaban J connectivity index is 2.25. The summed E-state index contributed by atoms with van der Waals surface area (Å²) in [6.07, 6.45) is 0. The fraction of sp³-hybridized carbons (Fsp3) is 0.143. The molecule has 100 valence electrons. The maximum Gasteiger partial charge on any atom is 0.124 e. The number of anilines is 1. The van der Waals surface area contributed by atoms with Crippen molar-refractivity contribution in [2.45, 2.75) is 13.0 Å². The highest BCUT2D eigenvalue weighted by molar-refractivity contribution is 9.10. The molecule has 1 unspecified atom stereocenters. The smallest absolute Gasteiger partial charge is 0.124 e. The van der Waals surface area contributed by atoms with Crippen molar-refractivity contribution in [3.8, 4) is 11.5 Å². The van der Waals surface area contributed by atoms with Gasteiger partial charge in [-0.2, -0.15) is 0 Å². The number of nitrogens with one attached hydrogen (secondary N) is 1. The lowest BCUT2D eigenvalue weighted by molar-refractivity contribution is 0.444. The summed E-state index contributed by atoms with van der Waals surface area (Å²) in [5.74, 6) is 0.0834. The van der Waals surface area contributed by atoms with Crippen molar-refractivity contribution >= 4 is 33.2 Å². The predicted octanol–water partition coefficient (Wildman–Crippen LogP) is 4.69. The molecule has 0 aliphatic rings. The second-order valence-corrected chi connectivity index (χ2v) is 5.56. The first-order valence-corrected chi connectivity index (χ1v) is 6.88. The van der Waals surface area contributed by atoms with Crippen LogP contribution in [0.2, 0.25) is 5.02 Å². The van der Waals surface area contributed by atoms with Gasteiger partial charge < -0.3 is 15.5 Å². The first-order chi connectivity index (χ1) is 8.97. The number of hydrogen-bond acceptors (Lipinski definition) is 3. The van der Waals surface area contributed by atoms with E-state index in [1.54, 1.807) is 12.1 Å². The van der Waals surface area contributed by atoms with E-state index in [1.165, 1.54) is 12.1 Å². The van der Waals surface area contributed by atoms with Crippen molar-refractivity contribution in [1.82, 2.24) is 0 Å². The minimum Gasteiger partial charge on any atom is -0.508 e. The number of phenols is 2. The molecule has 1 atom stereocenters. The molecule has 0 spiro atoms. The zero-order chi connectivity index (χ0) is 14.0. The highest BCUT2D eigenvalue weighted by atomic mass is 79.9. The van der Waals surface area contributed by atoms with Crippen LogP contribution in [0.5, 0.6) is 11.5 Å². The van der Waals surface area contributed by atoms with E-state index in [1.807, 2.05) is 19.1 Å². The highest BCUT2D eigenvalue weighted by Gasteiger charge is 2.12. The Labute approximate surface area is 125 Å². The third-order valence-electron chi connectivity index (χ3n) is 2.78. The first kappa shape index (κ1) is 14.0. The van der Waals surface area contributed by atoms with E-state index in [0.717, 1.165) is 10.2 Å². The second-order valence-electron chi connectivity index (χ2n) is 4.23. The summed E-state index contributed by atoms with van der Waals surface area (Å²) in [7, 11) is 0. The SMILES string of the molecule is CC(Nc1cc(Br)ccc1Cl)c1ccc(O)cc1O. The summed E-state index contributed by atoms with van der Waals surface area (Å²) in [5.41, 5.74) is 1.46. The quantitative estimate of drug-likeness (QED) is 0.758. The predicted molar refractivity (Wildman–Crippen MR) is 81.0 cm³/mol. The summed E-state index contributed by atoms with van der Waals surface area (Å²) in [4.78, 5) is 0. The minimum atomic E-state index is -0.146. The van der Waals surface area contributed by atoms with Gasteiger partial charge in [0.15, 0.2) is 0 Å². The zero-order valence-electron chi connectivity index (χ0n) is 10.2. The van der Waals surface area contributed by atoms with Crippen LogP contribution in [0.15, 0.2) is 40.9 Å². The number of rotatable bonds is 3. The van der Waals surface area contributed by atoms with Crippen molar-refractivity contribution in [2.24, 2.45) is 0 Å². The lowest BCUT2D eigenvalue weighted by Crippen LogP contribution is -2.07. The van der Waals surface area contributed by atoms with E-state index in [-0.39, 0.29) is 17.5 Å². The van der Waals surface area contributed by atoms with Gasteiger partial charge in [-0.25, -0.2) is 0 Å². The van der Waals surface area contributed by atoms with Gasteiger partial charge in [-0.15, -0.1) is 0 Å². The standard InChI is InChI=1S/C14H13BrClNO2/c1-8(11-4-3-10(18)7-14(11)19)17-13-6-9(15)2-5-12(13)16/h2-8,17-19H,1H3. The van der Waals surface area contributed by atoms with Crippen molar-refractivity contribution in [2.75, 3.05) is 5.32 Å². The number of phenolic OH excluding ortho intramolecular Hbond substituents is 2. The summed E-state index contributed by atoms with van der Waals surface area (Å²) < 4.78 is 0.918. The molecule has 0 fully saturated rings. The van der Waals surface area contributed by atoms with Crippen molar-refractivity contribution in [3.63, 3.8) is 0 Å². The van der Waals surface area contributed by atoms with Gasteiger partial charge in [0.1, 0.15) is 11.5 Å². The molecule has 2 aromatic rings. The topological polar surface area (TPSA) is 52.5 Å². The van der Waals surface area contributed by atoms with E-state index in [2.05, 4.69) is 21.2 Å². The lowest BCUT2D eigenvalue weighted by atomic mass is 10.1. The molecule has 0 radical (unpaired) electrons. The van der Waals surface area contributed by atoms with Crippen LogP contribution in [0.25, 0.3) is 0 Å². The van der Waals surface area contributed by atoms with Crippen LogP contribution in [0.3, 0.4) is 0 Å². The van der Waals surface area contributed by atoms with Gasteiger partial charge in [-0.05, 0) is 37.3 Å². The molecule has 0 amide bonds. The maximum absolute atomic E-state index is 9.82. The van der Waals surface area contributed by atoms with Gasteiger partial charge in [0, 0.05) is 16.1 Å². The van der Waals surface area contributed by atoms with Gasteiger partial charge in [0.05, 0.1) is 16.8 Å². The Hall–Kier alpha value is -1.39. The van der Waals surface area contributed by atoms with Crippen molar-refractivity contribution < 1.29 is 10.2 Å². The molecule has 0 bridgehead atoms. The van der Waals surface area contributed by atoms with Crippen LogP contribution in [0.4, 0.5) is 5.69 Å². The normalized spacial score (nSPS) is 12.2. The molecule has 0 aliphatic heterocycles. The fourth-order valence-electron chi connectivity index (χ4n) is 1.82. The van der Waals surface area contributed by atoms with E-state index >= 15 is 0 Å². The van der Waals surface area contributed by atoms with Crippen LogP contribution in [-0.2, 0) is 0 Å². The molecular weight excluding hydrogens is 330 g/mol. The van der Waals surface area contributed by atoms with Crippen LogP contribution in [-0.4, -0.2) is 10.2 Å². The molecular formula is C14H13BrClNO2. The third kappa shape index (κ3) is 3.33. The van der Waals surface area contributed by atoms with Crippen molar-refractivity contribution in [1.29, 1.82) is 0 Å². The van der Waals surface area contributed by atoms with Gasteiger partial charge in [0.2, 0.25) is 0 Å². The summed E-state index contributed by atoms with van der Waals surface area (Å²) in [5, 5.41) is 22.9. The van der Waals surface area contributed by atoms with Gasteiger partial charge in [-0.3, -0.25) is 0 Å². The summed E-state index contributed by atoms with van der Waals surface area (Å²) >= 11 is 9.49. The molecule has 0 saturated carbocycles. The van der Waals surface area contributed by atoms with E-state index in [0.29, 0.717) is 10.6 Å². The number of benzene rings is 2. The molecule has 19 heavy (non-hydrogen) atoms. The monoisotopic (exact) mass is 341 g/mol. The third-order valence-corrected chi connectivity index (χ3v) is 3.60. The Kier molecular flexibility index (Phi) is 4.22. The maximum atomic E-state index is 9.82. The molecule has 0 aromatic heterocycles. The van der Waals surface area contributed by atoms with Crippen LogP contribution in [0, 0.1) is 0 Å². The second kappa shape index (κ2) is 5.72. The Morgan fingerprint density at radius 1 is 1.16 bits per heavy atom. The molecule has 0 aliphatic carbocycles. The fourth-order valence-corrected chi connectivity index (χ4v) is 2.35. The molecule has 0 heterocycles. The number of halogens is 2. The van der Waals surface area contributed by atoms with Gasteiger partial charge >= 0.3 is 0 Å². The Morgan fingerprint density at radius 3 is 2.58 bits per heavy atom. The molecule has 2 aromatic carbocycles. The summed E-state index contributed by atoms with van der Waals surface area (Å²) in [6, 6.07) is 9.90. The van der Waals surface area contributed by atoms with E-state index in [4.69, 9.17) is 11.6 Å². The van der Waals surface area contributed by atoms with E-state index in [9.17, 15) is 10.2 Å². The van der Waals surface area contributed by atoms with E-state index < -0.39 is 0 Å². The van der Waals surface area contributed by atoms with Crippen LogP contribution < -0.4 is 5.32 Å². The van der Waals surface area contributed by atoms with Crippen LogP contribution >= 0.6 is 27.5 Å². The minimum absolute atomic E-state index is 0.0361. The largest absolute Gasteiger partial charge is 0.508 e. The Bertz CT molecular complexity index is 604. The molecule has 0 saturated heterocycles. The van der Waals surface area contributed by atoms with Gasteiger partial charge in [-0.1, -0.05) is 27.5 Å². The zero-order valence-corrected chi connectivity index (χ0v) is 12.5. The van der Waals surface area contributed by atoms with Crippen LogP contribution in [0.1, 0.15) is 18.5 Å². The molecule has 2 rings (SSSR count). The van der Waals surface area contributed by atoms with Gasteiger partial charge in [0.25, 0.3) is 0 Å².